The van der Waals surface area contributed by atoms with E-state index in [-0.39, 0.29) is 39.9 Å². The number of aryl methyl sites for hydroxylation is 1. The Balaban J connectivity index is 2.17. The van der Waals surface area contributed by atoms with Crippen LogP contribution in [0.25, 0.3) is 10.2 Å². The van der Waals surface area contributed by atoms with Crippen molar-refractivity contribution in [3.05, 3.63) is 61.9 Å². The number of carbonyl (C=O) groups is 2. The average Bonchev–Trinajstić information content (AvgIpc) is 3.07. The highest BCUT2D eigenvalue weighted by Crippen LogP contribution is 2.25. The van der Waals surface area contributed by atoms with Crippen LogP contribution in [-0.2, 0) is 26.1 Å². The zero-order valence-electron chi connectivity index (χ0n) is 17.1. The van der Waals surface area contributed by atoms with E-state index in [1.54, 1.807) is 6.92 Å². The van der Waals surface area contributed by atoms with Gasteiger partial charge in [-0.3, -0.25) is 19.7 Å². The molecule has 0 saturated heterocycles. The number of primary sulfonamides is 1. The minimum atomic E-state index is -3.98. The number of fused-ring (bicyclic) bond motifs is 1. The quantitative estimate of drug-likeness (QED) is 0.288. The summed E-state index contributed by atoms with van der Waals surface area (Å²) < 4.78 is 30.3. The molecule has 1 heterocycles. The summed E-state index contributed by atoms with van der Waals surface area (Å²) in [5, 5.41) is 16.6. The largest absolute Gasteiger partial charge is 0.466 e. The van der Waals surface area contributed by atoms with Gasteiger partial charge in [0.05, 0.1) is 33.1 Å². The second kappa shape index (κ2) is 9.79. The highest BCUT2D eigenvalue weighted by molar-refractivity contribution is 7.89. The van der Waals surface area contributed by atoms with E-state index >= 15 is 0 Å². The first-order chi connectivity index (χ1) is 15.5. The van der Waals surface area contributed by atoms with E-state index in [2.05, 4.69) is 4.99 Å². The maximum Gasteiger partial charge on any atom is 0.307 e. The van der Waals surface area contributed by atoms with Crippen LogP contribution in [-0.4, -0.2) is 36.4 Å². The van der Waals surface area contributed by atoms with Gasteiger partial charge in [-0.25, -0.2) is 13.6 Å². The molecule has 174 valence electrons. The first-order valence-corrected chi connectivity index (χ1v) is 12.1. The predicted molar refractivity (Wildman–Crippen MR) is 120 cm³/mol. The van der Waals surface area contributed by atoms with E-state index in [0.717, 1.165) is 23.5 Å². The van der Waals surface area contributed by atoms with Crippen LogP contribution in [0.3, 0.4) is 0 Å². The summed E-state index contributed by atoms with van der Waals surface area (Å²) in [6.07, 6.45) is -0.0463. The van der Waals surface area contributed by atoms with Crippen molar-refractivity contribution in [2.24, 2.45) is 10.1 Å². The molecule has 11 nitrogen and oxygen atoms in total. The zero-order valence-corrected chi connectivity index (χ0v) is 19.4. The molecular formula is C19H17ClN4O7S2. The number of nitro benzene ring substituents is 1. The van der Waals surface area contributed by atoms with Gasteiger partial charge in [-0.1, -0.05) is 22.9 Å². The molecule has 0 saturated carbocycles. The van der Waals surface area contributed by atoms with Crippen molar-refractivity contribution in [2.45, 2.75) is 24.8 Å². The highest BCUT2D eigenvalue weighted by atomic mass is 35.5. The topological polar surface area (TPSA) is 164 Å². The third-order valence-corrected chi connectivity index (χ3v) is 6.60. The van der Waals surface area contributed by atoms with Gasteiger partial charge in [0.2, 0.25) is 10.0 Å². The fourth-order valence-electron chi connectivity index (χ4n) is 2.95. The number of halogens is 1. The van der Waals surface area contributed by atoms with Crippen LogP contribution in [0.2, 0.25) is 5.02 Å². The van der Waals surface area contributed by atoms with Crippen LogP contribution in [0.5, 0.6) is 0 Å². The second-order valence-electron chi connectivity index (χ2n) is 6.60. The Morgan fingerprint density at radius 1 is 1.27 bits per heavy atom. The number of ether oxygens (including phenoxy) is 1. The Bertz CT molecular complexity index is 1440. The van der Waals surface area contributed by atoms with Crippen molar-refractivity contribution >= 4 is 60.7 Å². The summed E-state index contributed by atoms with van der Waals surface area (Å²) in [6, 6.07) is 7.61. The standard InChI is InChI=1S/C19H17ClN4O7S2/c1-2-31-17(25)7-8-23-15-6-4-12(33(21,29)30)10-16(15)32-19(23)22-18(26)13-9-11(20)3-5-14(13)24(27)28/h3-6,9-10H,2,7-8H2,1H3,(H2,21,29,30). The lowest BCUT2D eigenvalue weighted by Gasteiger charge is -2.06. The van der Waals surface area contributed by atoms with Gasteiger partial charge in [0, 0.05) is 17.6 Å². The van der Waals surface area contributed by atoms with E-state index in [4.69, 9.17) is 21.5 Å². The molecule has 3 aromatic rings. The smallest absolute Gasteiger partial charge is 0.307 e. The van der Waals surface area contributed by atoms with Gasteiger partial charge >= 0.3 is 5.97 Å². The number of sulfonamides is 1. The van der Waals surface area contributed by atoms with Crippen LogP contribution in [0.1, 0.15) is 23.7 Å². The number of rotatable bonds is 7. The highest BCUT2D eigenvalue weighted by Gasteiger charge is 2.21. The van der Waals surface area contributed by atoms with E-state index in [0.29, 0.717) is 10.2 Å². The number of nitrogens with two attached hydrogens (primary N) is 1. The number of benzene rings is 2. The molecule has 0 aliphatic carbocycles. The molecule has 0 aliphatic heterocycles. The molecule has 2 N–H and O–H groups in total. The molecule has 0 atom stereocenters. The number of thiazole rings is 1. The third-order valence-electron chi connectivity index (χ3n) is 4.41. The first-order valence-electron chi connectivity index (χ1n) is 9.36. The molecule has 33 heavy (non-hydrogen) atoms. The number of hydrogen-bond acceptors (Lipinski definition) is 8. The minimum absolute atomic E-state index is 0.0463. The first kappa shape index (κ1) is 24.5. The lowest BCUT2D eigenvalue weighted by Crippen LogP contribution is -2.20. The summed E-state index contributed by atoms with van der Waals surface area (Å²) in [7, 11) is -3.98. The molecule has 0 unspecified atom stereocenters. The van der Waals surface area contributed by atoms with Crippen molar-refractivity contribution in [1.29, 1.82) is 0 Å². The Hall–Kier alpha value is -3.13. The fourth-order valence-corrected chi connectivity index (χ4v) is 4.83. The van der Waals surface area contributed by atoms with Gasteiger partial charge in [0.1, 0.15) is 5.56 Å². The molecule has 0 bridgehead atoms. The normalized spacial score (nSPS) is 12.2. The summed E-state index contributed by atoms with van der Waals surface area (Å²) in [6.45, 7) is 1.92. The lowest BCUT2D eigenvalue weighted by molar-refractivity contribution is -0.385. The van der Waals surface area contributed by atoms with Crippen molar-refractivity contribution in [3.63, 3.8) is 0 Å². The number of nitrogens with zero attached hydrogens (tertiary/aromatic N) is 3. The van der Waals surface area contributed by atoms with Crippen LogP contribution in [0, 0.1) is 10.1 Å². The van der Waals surface area contributed by atoms with Crippen LogP contribution >= 0.6 is 22.9 Å². The summed E-state index contributed by atoms with van der Waals surface area (Å²) >= 11 is 6.86. The molecule has 1 aromatic heterocycles. The molecule has 1 amide bonds. The monoisotopic (exact) mass is 512 g/mol. The molecule has 0 radical (unpaired) electrons. The van der Waals surface area contributed by atoms with Gasteiger partial charge in [-0.15, -0.1) is 0 Å². The molecule has 2 aromatic carbocycles. The minimum Gasteiger partial charge on any atom is -0.466 e. The number of carbonyl (C=O) groups excluding carboxylic acids is 2. The lowest BCUT2D eigenvalue weighted by atomic mass is 10.2. The Morgan fingerprint density at radius 2 is 2.00 bits per heavy atom. The molecular weight excluding hydrogens is 496 g/mol. The van der Waals surface area contributed by atoms with Crippen LogP contribution in [0.15, 0.2) is 46.3 Å². The SMILES string of the molecule is CCOC(=O)CCn1c(=NC(=O)c2cc(Cl)ccc2[N+](=O)[O-])sc2cc(S(N)(=O)=O)ccc21. The van der Waals surface area contributed by atoms with Crippen molar-refractivity contribution in [2.75, 3.05) is 6.61 Å². The number of esters is 1. The van der Waals surface area contributed by atoms with Gasteiger partial charge in [0.25, 0.3) is 11.6 Å². The zero-order chi connectivity index (χ0) is 24.3. The molecule has 14 heteroatoms. The summed E-state index contributed by atoms with van der Waals surface area (Å²) in [5.41, 5.74) is -0.292. The molecule has 0 fully saturated rings. The van der Waals surface area contributed by atoms with Gasteiger partial charge in [0.15, 0.2) is 4.80 Å². The van der Waals surface area contributed by atoms with E-state index in [9.17, 15) is 28.1 Å². The van der Waals surface area contributed by atoms with E-state index < -0.39 is 32.5 Å². The number of hydrogen-bond donors (Lipinski definition) is 1. The van der Waals surface area contributed by atoms with Crippen molar-refractivity contribution in [1.82, 2.24) is 4.57 Å². The van der Waals surface area contributed by atoms with E-state index in [1.165, 1.54) is 28.8 Å². The fraction of sp³-hybridized carbons (Fsp3) is 0.211. The van der Waals surface area contributed by atoms with Crippen LogP contribution < -0.4 is 9.94 Å². The Morgan fingerprint density at radius 3 is 2.64 bits per heavy atom. The molecule has 0 spiro atoms. The second-order valence-corrected chi connectivity index (χ2v) is 9.61. The van der Waals surface area contributed by atoms with Crippen LogP contribution in [0.4, 0.5) is 5.69 Å². The van der Waals surface area contributed by atoms with Gasteiger partial charge in [-0.2, -0.15) is 4.99 Å². The van der Waals surface area contributed by atoms with Crippen molar-refractivity contribution in [3.8, 4) is 0 Å². The number of aromatic nitrogens is 1. The third kappa shape index (κ3) is 5.63. The Labute approximate surface area is 196 Å². The number of amides is 1. The van der Waals surface area contributed by atoms with Gasteiger partial charge < -0.3 is 9.30 Å². The van der Waals surface area contributed by atoms with Crippen molar-refractivity contribution < 1.29 is 27.7 Å². The maximum absolute atomic E-state index is 12.8. The Kier molecular flexibility index (Phi) is 7.27. The predicted octanol–water partition coefficient (Wildman–Crippen LogP) is 2.61. The molecule has 0 aliphatic rings. The average molecular weight is 513 g/mol. The summed E-state index contributed by atoms with van der Waals surface area (Å²) in [5.74, 6) is -1.40. The number of nitro groups is 1. The molecule has 3 rings (SSSR count). The van der Waals surface area contributed by atoms with E-state index in [1.807, 2.05) is 0 Å². The maximum atomic E-state index is 12.8. The van der Waals surface area contributed by atoms with Gasteiger partial charge in [-0.05, 0) is 37.3 Å². The summed E-state index contributed by atoms with van der Waals surface area (Å²) in [4.78, 5) is 39.3.